The molecule has 0 amide bonds. The van der Waals surface area contributed by atoms with Crippen LogP contribution in [0.2, 0.25) is 0 Å². The number of rotatable bonds is 4. The predicted molar refractivity (Wildman–Crippen MR) is 83.4 cm³/mol. The Balaban J connectivity index is 1.69. The van der Waals surface area contributed by atoms with Crippen LogP contribution in [0.3, 0.4) is 0 Å². The van der Waals surface area contributed by atoms with Gasteiger partial charge in [0.05, 0.1) is 0 Å². The molecule has 1 aliphatic carbocycles. The lowest BCUT2D eigenvalue weighted by atomic mass is 9.80. The van der Waals surface area contributed by atoms with Gasteiger partial charge in [-0.25, -0.2) is 0 Å². The van der Waals surface area contributed by atoms with Crippen LogP contribution in [0.5, 0.6) is 0 Å². The highest BCUT2D eigenvalue weighted by Gasteiger charge is 2.28. The molecule has 0 aromatic carbocycles. The molecule has 0 aromatic rings. The lowest BCUT2D eigenvalue weighted by molar-refractivity contribution is 0.176. The number of nitrogens with zero attached hydrogens (tertiary/aromatic N) is 1. The van der Waals surface area contributed by atoms with Crippen molar-refractivity contribution in [3.05, 3.63) is 0 Å². The van der Waals surface area contributed by atoms with Crippen molar-refractivity contribution in [3.8, 4) is 0 Å². The van der Waals surface area contributed by atoms with E-state index in [4.69, 9.17) is 0 Å². The van der Waals surface area contributed by atoms with Crippen molar-refractivity contribution < 1.29 is 0 Å². The summed E-state index contributed by atoms with van der Waals surface area (Å²) in [5.41, 5.74) is 0.269. The maximum atomic E-state index is 3.67. The van der Waals surface area contributed by atoms with Crippen LogP contribution in [0.4, 0.5) is 0 Å². The van der Waals surface area contributed by atoms with Crippen LogP contribution in [0.15, 0.2) is 0 Å². The molecule has 112 valence electrons. The zero-order valence-electron chi connectivity index (χ0n) is 13.5. The largest absolute Gasteiger partial charge is 0.312 e. The molecule has 1 N–H and O–H groups in total. The summed E-state index contributed by atoms with van der Waals surface area (Å²) in [6.45, 7) is 14.5. The molecule has 0 bridgehead atoms. The van der Waals surface area contributed by atoms with Crippen molar-refractivity contribution in [3.63, 3.8) is 0 Å². The fourth-order valence-corrected chi connectivity index (χ4v) is 3.69. The molecule has 0 radical (unpaired) electrons. The third-order valence-electron chi connectivity index (χ3n) is 5.07. The SMILES string of the molecule is CC1CCCCC1CN1CCC(CNC(C)(C)C)C1. The smallest absolute Gasteiger partial charge is 0.00966 e. The number of hydrogen-bond donors (Lipinski definition) is 1. The molecule has 2 rings (SSSR count). The van der Waals surface area contributed by atoms with E-state index in [1.807, 2.05) is 0 Å². The lowest BCUT2D eigenvalue weighted by Crippen LogP contribution is -2.40. The van der Waals surface area contributed by atoms with Crippen molar-refractivity contribution in [2.45, 2.75) is 65.3 Å². The second-order valence-corrected chi connectivity index (χ2v) is 8.07. The zero-order valence-corrected chi connectivity index (χ0v) is 13.5. The van der Waals surface area contributed by atoms with Crippen molar-refractivity contribution in [2.24, 2.45) is 17.8 Å². The van der Waals surface area contributed by atoms with Crippen molar-refractivity contribution in [1.82, 2.24) is 10.2 Å². The average molecular weight is 266 g/mol. The minimum Gasteiger partial charge on any atom is -0.312 e. The Bertz CT molecular complexity index is 269. The molecule has 2 fully saturated rings. The Morgan fingerprint density at radius 1 is 1.11 bits per heavy atom. The molecule has 1 heterocycles. The van der Waals surface area contributed by atoms with E-state index in [0.717, 1.165) is 17.8 Å². The van der Waals surface area contributed by atoms with Crippen LogP contribution in [-0.4, -0.2) is 36.6 Å². The minimum atomic E-state index is 0.269. The first-order valence-electron chi connectivity index (χ1n) is 8.41. The van der Waals surface area contributed by atoms with Crippen molar-refractivity contribution in [2.75, 3.05) is 26.2 Å². The van der Waals surface area contributed by atoms with Gasteiger partial charge in [0.15, 0.2) is 0 Å². The van der Waals surface area contributed by atoms with Gasteiger partial charge in [0.1, 0.15) is 0 Å². The van der Waals surface area contributed by atoms with Crippen LogP contribution in [-0.2, 0) is 0 Å². The quantitative estimate of drug-likeness (QED) is 0.837. The normalized spacial score (nSPS) is 33.8. The van der Waals surface area contributed by atoms with Crippen LogP contribution in [0.1, 0.15) is 59.8 Å². The van der Waals surface area contributed by atoms with Crippen LogP contribution in [0.25, 0.3) is 0 Å². The van der Waals surface area contributed by atoms with E-state index in [1.54, 1.807) is 0 Å². The summed E-state index contributed by atoms with van der Waals surface area (Å²) < 4.78 is 0. The summed E-state index contributed by atoms with van der Waals surface area (Å²) in [5.74, 6) is 2.81. The van der Waals surface area contributed by atoms with E-state index < -0.39 is 0 Å². The molecule has 3 unspecified atom stereocenters. The fraction of sp³-hybridized carbons (Fsp3) is 1.00. The van der Waals surface area contributed by atoms with E-state index in [-0.39, 0.29) is 5.54 Å². The summed E-state index contributed by atoms with van der Waals surface area (Å²) in [5, 5.41) is 3.67. The molecule has 1 saturated carbocycles. The van der Waals surface area contributed by atoms with E-state index in [2.05, 4.69) is 37.9 Å². The summed E-state index contributed by atoms with van der Waals surface area (Å²) in [6, 6.07) is 0. The minimum absolute atomic E-state index is 0.269. The molecular weight excluding hydrogens is 232 g/mol. The van der Waals surface area contributed by atoms with Gasteiger partial charge in [0.25, 0.3) is 0 Å². The Morgan fingerprint density at radius 3 is 2.53 bits per heavy atom. The molecule has 0 aromatic heterocycles. The highest BCUT2D eigenvalue weighted by molar-refractivity contribution is 4.83. The van der Waals surface area contributed by atoms with Gasteiger partial charge in [-0.1, -0.05) is 26.2 Å². The fourth-order valence-electron chi connectivity index (χ4n) is 3.69. The van der Waals surface area contributed by atoms with Crippen LogP contribution >= 0.6 is 0 Å². The monoisotopic (exact) mass is 266 g/mol. The molecule has 0 spiro atoms. The second kappa shape index (κ2) is 6.58. The number of nitrogens with one attached hydrogen (secondary N) is 1. The lowest BCUT2D eigenvalue weighted by Gasteiger charge is -2.32. The van der Waals surface area contributed by atoms with Gasteiger partial charge < -0.3 is 10.2 Å². The molecule has 19 heavy (non-hydrogen) atoms. The highest BCUT2D eigenvalue weighted by Crippen LogP contribution is 2.31. The predicted octanol–water partition coefficient (Wildman–Crippen LogP) is 3.52. The topological polar surface area (TPSA) is 15.3 Å². The third kappa shape index (κ3) is 5.07. The van der Waals surface area contributed by atoms with Crippen molar-refractivity contribution >= 4 is 0 Å². The average Bonchev–Trinajstić information content (AvgIpc) is 2.77. The van der Waals surface area contributed by atoms with Gasteiger partial charge in [0.2, 0.25) is 0 Å². The Kier molecular flexibility index (Phi) is 5.30. The molecule has 1 aliphatic heterocycles. The Morgan fingerprint density at radius 2 is 1.84 bits per heavy atom. The van der Waals surface area contributed by atoms with Gasteiger partial charge in [-0.15, -0.1) is 0 Å². The van der Waals surface area contributed by atoms with Gasteiger partial charge in [0, 0.05) is 18.6 Å². The molecule has 2 heteroatoms. The van der Waals surface area contributed by atoms with Gasteiger partial charge in [-0.3, -0.25) is 0 Å². The summed E-state index contributed by atoms with van der Waals surface area (Å²) in [4.78, 5) is 2.74. The summed E-state index contributed by atoms with van der Waals surface area (Å²) in [7, 11) is 0. The molecule has 3 atom stereocenters. The standard InChI is InChI=1S/C17H34N2/c1-14-7-5-6-8-16(14)13-19-10-9-15(12-19)11-18-17(2,3)4/h14-16,18H,5-13H2,1-4H3. The maximum absolute atomic E-state index is 3.67. The first-order chi connectivity index (χ1) is 8.94. The Labute approximate surface area is 120 Å². The van der Waals surface area contributed by atoms with Gasteiger partial charge in [-0.05, 0) is 64.5 Å². The van der Waals surface area contributed by atoms with Crippen LogP contribution < -0.4 is 5.32 Å². The molecule has 1 saturated heterocycles. The van der Waals surface area contributed by atoms with Crippen LogP contribution in [0, 0.1) is 17.8 Å². The second-order valence-electron chi connectivity index (χ2n) is 8.07. The zero-order chi connectivity index (χ0) is 13.9. The highest BCUT2D eigenvalue weighted by atomic mass is 15.2. The summed E-state index contributed by atoms with van der Waals surface area (Å²) >= 11 is 0. The van der Waals surface area contributed by atoms with E-state index in [0.29, 0.717) is 0 Å². The first-order valence-corrected chi connectivity index (χ1v) is 8.41. The number of likely N-dealkylation sites (tertiary alicyclic amines) is 1. The van der Waals surface area contributed by atoms with E-state index in [1.165, 1.54) is 58.3 Å². The van der Waals surface area contributed by atoms with Crippen molar-refractivity contribution in [1.29, 1.82) is 0 Å². The van der Waals surface area contributed by atoms with Gasteiger partial charge >= 0.3 is 0 Å². The van der Waals surface area contributed by atoms with E-state index in [9.17, 15) is 0 Å². The first kappa shape index (κ1) is 15.3. The molecular formula is C17H34N2. The number of hydrogen-bond acceptors (Lipinski definition) is 2. The summed E-state index contributed by atoms with van der Waals surface area (Å²) in [6.07, 6.45) is 7.27. The third-order valence-corrected chi connectivity index (χ3v) is 5.07. The Hall–Kier alpha value is -0.0800. The van der Waals surface area contributed by atoms with Gasteiger partial charge in [-0.2, -0.15) is 0 Å². The van der Waals surface area contributed by atoms with E-state index >= 15 is 0 Å². The maximum Gasteiger partial charge on any atom is 0.00966 e. The molecule has 2 nitrogen and oxygen atoms in total. The molecule has 2 aliphatic rings.